The first kappa shape index (κ1) is 24.6. The molecule has 0 bridgehead atoms. The molecule has 2 aromatic rings. The lowest BCUT2D eigenvalue weighted by Crippen LogP contribution is -2.35. The van der Waals surface area contributed by atoms with E-state index in [1.807, 2.05) is 48.5 Å². The highest BCUT2D eigenvalue weighted by Crippen LogP contribution is 2.14. The Morgan fingerprint density at radius 1 is 0.656 bits per heavy atom. The third-order valence-corrected chi connectivity index (χ3v) is 5.01. The van der Waals surface area contributed by atoms with Gasteiger partial charge in [0, 0.05) is 37.6 Å². The molecule has 2 amide bonds. The molecule has 2 aromatic carbocycles. The van der Waals surface area contributed by atoms with Gasteiger partial charge >= 0.3 is 11.8 Å². The van der Waals surface area contributed by atoms with Gasteiger partial charge in [0.25, 0.3) is 0 Å². The van der Waals surface area contributed by atoms with Gasteiger partial charge in [-0.15, -0.1) is 0 Å². The van der Waals surface area contributed by atoms with Gasteiger partial charge in [-0.1, -0.05) is 24.3 Å². The number of rotatable bonds is 10. The number of anilines is 2. The van der Waals surface area contributed by atoms with E-state index in [0.717, 1.165) is 48.7 Å². The number of benzene rings is 2. The SMILES string of the molecule is CCN(CC)c1ccc(/C=N\NC(=O)C(=O)N/N=C\c2ccc(N(CC)CC)cc2)cc1. The van der Waals surface area contributed by atoms with E-state index in [9.17, 15) is 9.59 Å². The molecule has 0 saturated heterocycles. The number of nitrogens with zero attached hydrogens (tertiary/aromatic N) is 4. The zero-order valence-electron chi connectivity index (χ0n) is 19.2. The van der Waals surface area contributed by atoms with Crippen LogP contribution in [-0.4, -0.2) is 50.4 Å². The Morgan fingerprint density at radius 2 is 0.969 bits per heavy atom. The Hall–Kier alpha value is -3.68. The van der Waals surface area contributed by atoms with Crippen LogP contribution in [0.25, 0.3) is 0 Å². The second-order valence-corrected chi connectivity index (χ2v) is 6.93. The first-order valence-electron chi connectivity index (χ1n) is 10.9. The molecule has 2 rings (SSSR count). The Morgan fingerprint density at radius 3 is 1.25 bits per heavy atom. The van der Waals surface area contributed by atoms with E-state index in [1.54, 1.807) is 0 Å². The maximum atomic E-state index is 11.9. The van der Waals surface area contributed by atoms with E-state index in [1.165, 1.54) is 12.4 Å². The molecule has 2 N–H and O–H groups in total. The lowest BCUT2D eigenvalue weighted by atomic mass is 10.2. The van der Waals surface area contributed by atoms with Gasteiger partial charge in [-0.25, -0.2) is 10.9 Å². The molecule has 8 nitrogen and oxygen atoms in total. The fraction of sp³-hybridized carbons (Fsp3) is 0.333. The van der Waals surface area contributed by atoms with E-state index < -0.39 is 11.8 Å². The summed E-state index contributed by atoms with van der Waals surface area (Å²) in [6, 6.07) is 15.6. The van der Waals surface area contributed by atoms with Gasteiger partial charge in [-0.05, 0) is 63.1 Å². The van der Waals surface area contributed by atoms with E-state index in [2.05, 4.69) is 58.5 Å². The number of hydrazone groups is 2. The van der Waals surface area contributed by atoms with Crippen molar-refractivity contribution in [3.05, 3.63) is 59.7 Å². The summed E-state index contributed by atoms with van der Waals surface area (Å²) in [6.45, 7) is 12.1. The van der Waals surface area contributed by atoms with Crippen molar-refractivity contribution in [1.82, 2.24) is 10.9 Å². The predicted molar refractivity (Wildman–Crippen MR) is 131 cm³/mol. The standard InChI is InChI=1S/C24H32N6O2/c1-5-29(6-2)21-13-9-19(10-14-21)17-25-27-23(31)24(32)28-26-18-20-11-15-22(16-12-20)30(7-3)8-4/h9-18H,5-8H2,1-4H3,(H,27,31)(H,28,32)/b25-17-,26-18-. The largest absolute Gasteiger partial charge is 0.372 e. The smallest absolute Gasteiger partial charge is 0.331 e. The number of hydrogen-bond acceptors (Lipinski definition) is 6. The van der Waals surface area contributed by atoms with Crippen LogP contribution in [-0.2, 0) is 9.59 Å². The quantitative estimate of drug-likeness (QED) is 0.340. The van der Waals surface area contributed by atoms with Crippen LogP contribution in [0.1, 0.15) is 38.8 Å². The van der Waals surface area contributed by atoms with Crippen LogP contribution >= 0.6 is 0 Å². The van der Waals surface area contributed by atoms with E-state index in [0.29, 0.717) is 0 Å². The zero-order valence-corrected chi connectivity index (χ0v) is 19.2. The van der Waals surface area contributed by atoms with Gasteiger partial charge in [0.1, 0.15) is 0 Å². The number of nitrogens with one attached hydrogen (secondary N) is 2. The molecule has 0 radical (unpaired) electrons. The molecular weight excluding hydrogens is 404 g/mol. The van der Waals surface area contributed by atoms with Gasteiger partial charge in [0.05, 0.1) is 12.4 Å². The minimum Gasteiger partial charge on any atom is -0.372 e. The molecule has 0 heterocycles. The van der Waals surface area contributed by atoms with E-state index >= 15 is 0 Å². The lowest BCUT2D eigenvalue weighted by molar-refractivity contribution is -0.139. The van der Waals surface area contributed by atoms with Crippen molar-refractivity contribution in [1.29, 1.82) is 0 Å². The van der Waals surface area contributed by atoms with E-state index in [4.69, 9.17) is 0 Å². The molecule has 0 spiro atoms. The summed E-state index contributed by atoms with van der Waals surface area (Å²) in [5.41, 5.74) is 8.27. The molecule has 32 heavy (non-hydrogen) atoms. The van der Waals surface area contributed by atoms with Crippen molar-refractivity contribution in [3.63, 3.8) is 0 Å². The van der Waals surface area contributed by atoms with Crippen molar-refractivity contribution >= 4 is 35.6 Å². The third-order valence-electron chi connectivity index (χ3n) is 5.01. The second-order valence-electron chi connectivity index (χ2n) is 6.93. The molecule has 0 saturated carbocycles. The fourth-order valence-electron chi connectivity index (χ4n) is 3.15. The highest BCUT2D eigenvalue weighted by Gasteiger charge is 2.11. The molecule has 0 aliphatic rings. The highest BCUT2D eigenvalue weighted by molar-refractivity contribution is 6.35. The monoisotopic (exact) mass is 436 g/mol. The average molecular weight is 437 g/mol. The maximum absolute atomic E-state index is 11.9. The Labute approximate surface area is 190 Å². The van der Waals surface area contributed by atoms with Gasteiger partial charge in [0.2, 0.25) is 0 Å². The van der Waals surface area contributed by atoms with Crippen molar-refractivity contribution in [3.8, 4) is 0 Å². The Bertz CT molecular complexity index is 837. The number of carbonyl (C=O) groups is 2. The number of carbonyl (C=O) groups excluding carboxylic acids is 2. The normalized spacial score (nSPS) is 11.0. The van der Waals surface area contributed by atoms with Crippen LogP contribution in [0.5, 0.6) is 0 Å². The highest BCUT2D eigenvalue weighted by atomic mass is 16.2. The summed E-state index contributed by atoms with van der Waals surface area (Å²) in [5, 5.41) is 7.66. The first-order chi connectivity index (χ1) is 15.5. The Balaban J connectivity index is 1.82. The topological polar surface area (TPSA) is 89.4 Å². The third kappa shape index (κ3) is 7.23. The fourth-order valence-corrected chi connectivity index (χ4v) is 3.15. The van der Waals surface area contributed by atoms with Crippen molar-refractivity contribution < 1.29 is 9.59 Å². The predicted octanol–water partition coefficient (Wildman–Crippen LogP) is 2.98. The summed E-state index contributed by atoms with van der Waals surface area (Å²) in [5.74, 6) is -1.79. The van der Waals surface area contributed by atoms with Gasteiger partial charge < -0.3 is 9.80 Å². The van der Waals surface area contributed by atoms with Crippen molar-refractivity contribution in [2.75, 3.05) is 36.0 Å². The Kier molecular flexibility index (Phi) is 9.90. The molecule has 0 atom stereocenters. The summed E-state index contributed by atoms with van der Waals surface area (Å²) in [4.78, 5) is 28.2. The summed E-state index contributed by atoms with van der Waals surface area (Å²) < 4.78 is 0. The molecular formula is C24H32N6O2. The molecule has 170 valence electrons. The number of amides is 2. The lowest BCUT2D eigenvalue weighted by Gasteiger charge is -2.20. The van der Waals surface area contributed by atoms with Gasteiger partial charge in [0.15, 0.2) is 0 Å². The van der Waals surface area contributed by atoms with Crippen LogP contribution in [0.4, 0.5) is 11.4 Å². The minimum atomic E-state index is -0.893. The summed E-state index contributed by atoms with van der Waals surface area (Å²) in [7, 11) is 0. The summed E-state index contributed by atoms with van der Waals surface area (Å²) >= 11 is 0. The van der Waals surface area contributed by atoms with Gasteiger partial charge in [-0.2, -0.15) is 10.2 Å². The first-order valence-corrected chi connectivity index (χ1v) is 10.9. The van der Waals surface area contributed by atoms with Crippen molar-refractivity contribution in [2.45, 2.75) is 27.7 Å². The summed E-state index contributed by atoms with van der Waals surface area (Å²) in [6.07, 6.45) is 2.97. The molecule has 0 aromatic heterocycles. The van der Waals surface area contributed by atoms with Crippen LogP contribution in [0, 0.1) is 0 Å². The van der Waals surface area contributed by atoms with Crippen LogP contribution in [0.15, 0.2) is 58.7 Å². The number of hydrogen-bond donors (Lipinski definition) is 2. The van der Waals surface area contributed by atoms with E-state index in [-0.39, 0.29) is 0 Å². The van der Waals surface area contributed by atoms with Crippen LogP contribution in [0.2, 0.25) is 0 Å². The van der Waals surface area contributed by atoms with Gasteiger partial charge in [-0.3, -0.25) is 9.59 Å². The zero-order chi connectivity index (χ0) is 23.3. The van der Waals surface area contributed by atoms with Crippen LogP contribution in [0.3, 0.4) is 0 Å². The maximum Gasteiger partial charge on any atom is 0.331 e. The molecule has 0 unspecified atom stereocenters. The second kappa shape index (κ2) is 12.9. The minimum absolute atomic E-state index is 0.813. The molecule has 0 aliphatic carbocycles. The van der Waals surface area contributed by atoms with Crippen LogP contribution < -0.4 is 20.7 Å². The molecule has 8 heteroatoms. The van der Waals surface area contributed by atoms with Crippen molar-refractivity contribution in [2.24, 2.45) is 10.2 Å². The molecule has 0 fully saturated rings. The average Bonchev–Trinajstić information content (AvgIpc) is 2.82. The molecule has 0 aliphatic heterocycles.